The van der Waals surface area contributed by atoms with Crippen LogP contribution in [0.15, 0.2) is 24.3 Å². The first kappa shape index (κ1) is 13.9. The standard InChI is InChI=1S/C16H22O3/c1-2-19-14-10-6-9-13(11-14)15(16(17)18)12-7-4-3-5-8-12/h6,9-12,15H,2-5,7-8H2,1H3,(H,17,18). The number of carbonyl (C=O) groups is 1. The number of benzene rings is 1. The number of carboxylic acids is 1. The molecule has 1 unspecified atom stereocenters. The molecule has 3 nitrogen and oxygen atoms in total. The quantitative estimate of drug-likeness (QED) is 0.877. The van der Waals surface area contributed by atoms with Gasteiger partial charge in [-0.15, -0.1) is 0 Å². The van der Waals surface area contributed by atoms with Gasteiger partial charge in [0.15, 0.2) is 0 Å². The summed E-state index contributed by atoms with van der Waals surface area (Å²) < 4.78 is 5.47. The monoisotopic (exact) mass is 262 g/mol. The molecule has 0 aromatic heterocycles. The van der Waals surface area contributed by atoms with Crippen molar-refractivity contribution in [3.63, 3.8) is 0 Å². The van der Waals surface area contributed by atoms with E-state index in [4.69, 9.17) is 4.74 Å². The average molecular weight is 262 g/mol. The fourth-order valence-corrected chi connectivity index (χ4v) is 3.05. The minimum absolute atomic E-state index is 0.267. The first-order chi connectivity index (χ1) is 9.22. The molecule has 1 fully saturated rings. The molecule has 0 radical (unpaired) electrons. The zero-order chi connectivity index (χ0) is 13.7. The van der Waals surface area contributed by atoms with Crippen molar-refractivity contribution in [2.75, 3.05) is 6.61 Å². The summed E-state index contributed by atoms with van der Waals surface area (Å²) in [4.78, 5) is 11.6. The van der Waals surface area contributed by atoms with Gasteiger partial charge >= 0.3 is 5.97 Å². The summed E-state index contributed by atoms with van der Waals surface area (Å²) in [6.07, 6.45) is 5.59. The fourth-order valence-electron chi connectivity index (χ4n) is 3.05. The molecule has 1 saturated carbocycles. The van der Waals surface area contributed by atoms with E-state index in [-0.39, 0.29) is 11.8 Å². The van der Waals surface area contributed by atoms with E-state index in [9.17, 15) is 9.90 Å². The molecular weight excluding hydrogens is 240 g/mol. The highest BCUT2D eigenvalue weighted by atomic mass is 16.5. The predicted octanol–water partition coefficient (Wildman–Crippen LogP) is 3.83. The third-order valence-electron chi connectivity index (χ3n) is 3.92. The van der Waals surface area contributed by atoms with Crippen molar-refractivity contribution in [3.8, 4) is 5.75 Å². The summed E-state index contributed by atoms with van der Waals surface area (Å²) in [6.45, 7) is 2.53. The summed E-state index contributed by atoms with van der Waals surface area (Å²) in [7, 11) is 0. The van der Waals surface area contributed by atoms with E-state index >= 15 is 0 Å². The van der Waals surface area contributed by atoms with Gasteiger partial charge in [-0.3, -0.25) is 4.79 Å². The molecule has 19 heavy (non-hydrogen) atoms. The number of carboxylic acid groups (broad SMARTS) is 1. The highest BCUT2D eigenvalue weighted by Crippen LogP contribution is 2.37. The zero-order valence-corrected chi connectivity index (χ0v) is 11.5. The molecule has 104 valence electrons. The van der Waals surface area contributed by atoms with E-state index in [0.717, 1.165) is 37.0 Å². The molecule has 0 heterocycles. The van der Waals surface area contributed by atoms with Crippen LogP contribution in [-0.4, -0.2) is 17.7 Å². The van der Waals surface area contributed by atoms with E-state index in [1.807, 2.05) is 31.2 Å². The number of hydrogen-bond acceptors (Lipinski definition) is 2. The molecule has 2 rings (SSSR count). The highest BCUT2D eigenvalue weighted by Gasteiger charge is 2.30. The Morgan fingerprint density at radius 1 is 1.37 bits per heavy atom. The normalized spacial score (nSPS) is 17.9. The van der Waals surface area contributed by atoms with Gasteiger partial charge in [0.05, 0.1) is 12.5 Å². The number of aliphatic carboxylic acids is 1. The van der Waals surface area contributed by atoms with Crippen molar-refractivity contribution in [2.45, 2.75) is 44.9 Å². The van der Waals surface area contributed by atoms with Gasteiger partial charge < -0.3 is 9.84 Å². The topological polar surface area (TPSA) is 46.5 Å². The third-order valence-corrected chi connectivity index (χ3v) is 3.92. The van der Waals surface area contributed by atoms with Gasteiger partial charge in [0.25, 0.3) is 0 Å². The lowest BCUT2D eigenvalue weighted by molar-refractivity contribution is -0.140. The molecular formula is C16H22O3. The molecule has 1 aromatic rings. The Hall–Kier alpha value is -1.51. The van der Waals surface area contributed by atoms with Gasteiger partial charge in [0.1, 0.15) is 5.75 Å². The number of rotatable bonds is 5. The number of ether oxygens (including phenoxy) is 1. The Balaban J connectivity index is 2.22. The second-order valence-electron chi connectivity index (χ2n) is 5.22. The Morgan fingerprint density at radius 2 is 2.11 bits per heavy atom. The second-order valence-corrected chi connectivity index (χ2v) is 5.22. The van der Waals surface area contributed by atoms with Crippen LogP contribution in [0, 0.1) is 5.92 Å². The van der Waals surface area contributed by atoms with Crippen molar-refractivity contribution in [3.05, 3.63) is 29.8 Å². The summed E-state index contributed by atoms with van der Waals surface area (Å²) in [5.41, 5.74) is 0.880. The van der Waals surface area contributed by atoms with Gasteiger partial charge in [-0.2, -0.15) is 0 Å². The molecule has 0 amide bonds. The van der Waals surface area contributed by atoms with Crippen LogP contribution < -0.4 is 4.74 Å². The van der Waals surface area contributed by atoms with Crippen LogP contribution in [0.5, 0.6) is 5.75 Å². The van der Waals surface area contributed by atoms with Crippen molar-refractivity contribution < 1.29 is 14.6 Å². The number of hydrogen-bond donors (Lipinski definition) is 1. The maximum atomic E-state index is 11.6. The van der Waals surface area contributed by atoms with Gasteiger partial charge in [-0.25, -0.2) is 0 Å². The molecule has 3 heteroatoms. The van der Waals surface area contributed by atoms with Crippen LogP contribution in [0.2, 0.25) is 0 Å². The lowest BCUT2D eigenvalue weighted by Gasteiger charge is -2.28. The van der Waals surface area contributed by atoms with E-state index in [1.54, 1.807) is 0 Å². The zero-order valence-electron chi connectivity index (χ0n) is 11.5. The molecule has 1 aliphatic rings. The largest absolute Gasteiger partial charge is 0.494 e. The molecule has 1 aliphatic carbocycles. The molecule has 0 saturated heterocycles. The lowest BCUT2D eigenvalue weighted by Crippen LogP contribution is -2.23. The third kappa shape index (κ3) is 3.49. The maximum absolute atomic E-state index is 11.6. The molecule has 1 aromatic carbocycles. The predicted molar refractivity (Wildman–Crippen MR) is 74.6 cm³/mol. The van der Waals surface area contributed by atoms with Crippen LogP contribution in [-0.2, 0) is 4.79 Å². The molecule has 0 spiro atoms. The second kappa shape index (κ2) is 6.60. The first-order valence-corrected chi connectivity index (χ1v) is 7.18. The van der Waals surface area contributed by atoms with E-state index in [1.165, 1.54) is 6.42 Å². The average Bonchev–Trinajstić information content (AvgIpc) is 2.40. The van der Waals surface area contributed by atoms with Crippen LogP contribution in [0.1, 0.15) is 50.5 Å². The van der Waals surface area contributed by atoms with Crippen molar-refractivity contribution >= 4 is 5.97 Å². The van der Waals surface area contributed by atoms with Crippen LogP contribution in [0.3, 0.4) is 0 Å². The Bertz CT molecular complexity index is 422. The Labute approximate surface area is 114 Å². The first-order valence-electron chi connectivity index (χ1n) is 7.18. The fraction of sp³-hybridized carbons (Fsp3) is 0.562. The van der Waals surface area contributed by atoms with Gasteiger partial charge in [0.2, 0.25) is 0 Å². The molecule has 1 N–H and O–H groups in total. The highest BCUT2D eigenvalue weighted by molar-refractivity contribution is 5.76. The Morgan fingerprint density at radius 3 is 2.74 bits per heavy atom. The van der Waals surface area contributed by atoms with Crippen molar-refractivity contribution in [1.82, 2.24) is 0 Å². The maximum Gasteiger partial charge on any atom is 0.311 e. The molecule has 0 aliphatic heterocycles. The van der Waals surface area contributed by atoms with Crippen LogP contribution in [0.25, 0.3) is 0 Å². The van der Waals surface area contributed by atoms with E-state index < -0.39 is 5.97 Å². The summed E-state index contributed by atoms with van der Waals surface area (Å²) in [5, 5.41) is 9.56. The van der Waals surface area contributed by atoms with E-state index in [2.05, 4.69) is 0 Å². The minimum atomic E-state index is -0.708. The van der Waals surface area contributed by atoms with Crippen molar-refractivity contribution in [1.29, 1.82) is 0 Å². The molecule has 1 atom stereocenters. The van der Waals surface area contributed by atoms with Crippen LogP contribution >= 0.6 is 0 Å². The summed E-state index contributed by atoms with van der Waals surface area (Å²) in [5.74, 6) is -0.0635. The lowest BCUT2D eigenvalue weighted by atomic mass is 9.77. The van der Waals surface area contributed by atoms with Gasteiger partial charge in [-0.1, -0.05) is 31.4 Å². The van der Waals surface area contributed by atoms with Crippen LogP contribution in [0.4, 0.5) is 0 Å². The summed E-state index contributed by atoms with van der Waals surface area (Å²) in [6, 6.07) is 7.57. The SMILES string of the molecule is CCOc1cccc(C(C(=O)O)C2CCCCC2)c1. The van der Waals surface area contributed by atoms with Gasteiger partial charge in [-0.05, 0) is 43.4 Å². The van der Waals surface area contributed by atoms with E-state index in [0.29, 0.717) is 6.61 Å². The van der Waals surface area contributed by atoms with Crippen molar-refractivity contribution in [2.24, 2.45) is 5.92 Å². The van der Waals surface area contributed by atoms with Gasteiger partial charge in [0, 0.05) is 0 Å². The Kier molecular flexibility index (Phi) is 4.83. The smallest absolute Gasteiger partial charge is 0.311 e. The minimum Gasteiger partial charge on any atom is -0.494 e. The summed E-state index contributed by atoms with van der Waals surface area (Å²) >= 11 is 0. The molecule has 0 bridgehead atoms.